The lowest BCUT2D eigenvalue weighted by molar-refractivity contribution is -0.0585. The molecule has 0 radical (unpaired) electrons. The molecule has 13 nitrogen and oxygen atoms in total. The molecule has 3 unspecified atom stereocenters. The van der Waals surface area contributed by atoms with Gasteiger partial charge in [-0.15, -0.1) is 9.05 Å². The Kier molecular flexibility index (Phi) is 5.05. The number of sulfone groups is 1. The highest BCUT2D eigenvalue weighted by molar-refractivity contribution is 7.91. The summed E-state index contributed by atoms with van der Waals surface area (Å²) < 4.78 is 55.2. The Bertz CT molecular complexity index is 1410. The summed E-state index contributed by atoms with van der Waals surface area (Å²) in [5.74, 6) is -0.299. The molecule has 0 amide bonds. The number of aliphatic hydroxyl groups excluding tert-OH is 1. The number of H-pyrrole nitrogens is 1. The van der Waals surface area contributed by atoms with Crippen LogP contribution in [0.3, 0.4) is 0 Å². The van der Waals surface area contributed by atoms with Gasteiger partial charge < -0.3 is 15.6 Å². The van der Waals surface area contributed by atoms with E-state index < -0.39 is 53.3 Å². The molecule has 2 aliphatic heterocycles. The number of rotatable bonds is 3. The summed E-state index contributed by atoms with van der Waals surface area (Å²) in [6.45, 7) is -0.157. The number of hydrogen-bond acceptors (Lipinski definition) is 11. The van der Waals surface area contributed by atoms with Crippen LogP contribution in [0.5, 0.6) is 0 Å². The number of imidazole rings is 1. The summed E-state index contributed by atoms with van der Waals surface area (Å²) in [5, 5.41) is 10.5. The minimum Gasteiger partial charge on any atom is -0.385 e. The number of fused-ring (bicyclic) bond motifs is 2. The molecule has 1 aromatic carbocycles. The highest BCUT2D eigenvalue weighted by Crippen LogP contribution is 2.44. The predicted octanol–water partition coefficient (Wildman–Crippen LogP) is 0.519. The molecule has 5 atom stereocenters. The molecule has 2 aromatic heterocycles. The van der Waals surface area contributed by atoms with E-state index in [4.69, 9.17) is 31.1 Å². The molecule has 4 N–H and O–H groups in total. The topological polar surface area (TPSA) is 189 Å². The minimum atomic E-state index is -4.34. The largest absolute Gasteiger partial charge is 0.697 e. The normalized spacial score (nSPS) is 27.0. The molecular weight excluding hydrogens is 489 g/mol. The van der Waals surface area contributed by atoms with Gasteiger partial charge in [0.2, 0.25) is 20.9 Å². The molecule has 2 aliphatic rings. The molecule has 2 fully saturated rings. The lowest BCUT2D eigenvalue weighted by Crippen LogP contribution is -2.37. The van der Waals surface area contributed by atoms with Gasteiger partial charge in [-0.25, -0.2) is 13.4 Å². The van der Waals surface area contributed by atoms with Crippen LogP contribution in [0.1, 0.15) is 6.23 Å². The van der Waals surface area contributed by atoms with Crippen LogP contribution in [-0.2, 0) is 28.2 Å². The van der Waals surface area contributed by atoms with Crippen molar-refractivity contribution in [3.63, 3.8) is 0 Å². The van der Waals surface area contributed by atoms with Crippen molar-refractivity contribution < 1.29 is 31.9 Å². The molecule has 3 aromatic rings. The van der Waals surface area contributed by atoms with Crippen molar-refractivity contribution in [2.75, 3.05) is 12.3 Å². The second kappa shape index (κ2) is 7.56. The third kappa shape index (κ3) is 3.31. The monoisotopic (exact) mass is 502 g/mol. The van der Waals surface area contributed by atoms with Crippen LogP contribution in [0.4, 0.5) is 5.95 Å². The van der Waals surface area contributed by atoms with Crippen LogP contribution in [-0.4, -0.2) is 58.0 Å². The average molecular weight is 503 g/mol. The SMILES string of the molecule is Nc1nc2c(nc(S(=O)(=O)c3ccc(Cl)cc3)n2[C@@H]2OC3CO[P+](=O)O[C@H]3C2O)c(=O)[nH]1. The van der Waals surface area contributed by atoms with Gasteiger partial charge in [0.1, 0.15) is 18.8 Å². The molecule has 4 heterocycles. The van der Waals surface area contributed by atoms with Crippen LogP contribution in [0.25, 0.3) is 11.2 Å². The van der Waals surface area contributed by atoms with E-state index in [1.54, 1.807) is 0 Å². The number of aromatic amines is 1. The minimum absolute atomic E-state index is 0.157. The van der Waals surface area contributed by atoms with E-state index in [2.05, 4.69) is 15.0 Å². The number of halogens is 1. The highest BCUT2D eigenvalue weighted by Gasteiger charge is 2.55. The standard InChI is InChI=1S/C16H13ClN5O8PS/c17-6-1-3-7(4-2-6)32(26,27)16-19-9-12(20-15(18)21-13(9)24)22(16)14-10(23)11-8(29-14)5-28-31(25)30-11/h1-4,8,10-11,14,23H,5H2,(H2-,18,20,21,24)/p+1/t8?,10?,11-,14-/m1/s1. The molecule has 16 heteroatoms. The zero-order valence-corrected chi connectivity index (χ0v) is 18.3. The summed E-state index contributed by atoms with van der Waals surface area (Å²) in [4.78, 5) is 22.5. The van der Waals surface area contributed by atoms with E-state index in [0.29, 0.717) is 5.02 Å². The van der Waals surface area contributed by atoms with Gasteiger partial charge in [0.05, 0.1) is 4.90 Å². The smallest absolute Gasteiger partial charge is 0.385 e. The Labute approximate surface area is 185 Å². The average Bonchev–Trinajstić information content (AvgIpc) is 3.27. The van der Waals surface area contributed by atoms with Gasteiger partial charge in [-0.05, 0) is 24.3 Å². The molecule has 2 saturated heterocycles. The number of nitrogen functional groups attached to an aromatic ring is 1. The zero-order valence-electron chi connectivity index (χ0n) is 15.8. The first-order chi connectivity index (χ1) is 15.2. The van der Waals surface area contributed by atoms with E-state index in [9.17, 15) is 22.9 Å². The third-order valence-corrected chi connectivity index (χ3v) is 7.71. The molecule has 32 heavy (non-hydrogen) atoms. The molecule has 0 aliphatic carbocycles. The number of nitrogens with one attached hydrogen (secondary N) is 1. The zero-order chi connectivity index (χ0) is 22.8. The number of benzene rings is 1. The fraction of sp³-hybridized carbons (Fsp3) is 0.312. The van der Waals surface area contributed by atoms with Crippen molar-refractivity contribution in [2.45, 2.75) is 34.6 Å². The Morgan fingerprint density at radius 3 is 2.72 bits per heavy atom. The predicted molar refractivity (Wildman–Crippen MR) is 108 cm³/mol. The number of nitrogens with two attached hydrogens (primary N) is 1. The third-order valence-electron chi connectivity index (χ3n) is 5.02. The summed E-state index contributed by atoms with van der Waals surface area (Å²) in [6, 6.07) is 5.28. The number of aliphatic hydroxyl groups is 1. The number of ether oxygens (including phenoxy) is 1. The van der Waals surface area contributed by atoms with E-state index in [-0.39, 0.29) is 28.6 Å². The van der Waals surface area contributed by atoms with Crippen LogP contribution >= 0.6 is 19.9 Å². The van der Waals surface area contributed by atoms with Gasteiger partial charge in [-0.1, -0.05) is 11.6 Å². The van der Waals surface area contributed by atoms with Crippen LogP contribution in [0.2, 0.25) is 5.02 Å². The quantitative estimate of drug-likeness (QED) is 0.423. The molecule has 5 rings (SSSR count). The van der Waals surface area contributed by atoms with Crippen molar-refractivity contribution >= 4 is 46.8 Å². The van der Waals surface area contributed by atoms with Crippen LogP contribution in [0.15, 0.2) is 39.1 Å². The van der Waals surface area contributed by atoms with Crippen molar-refractivity contribution in [1.82, 2.24) is 19.5 Å². The maximum absolute atomic E-state index is 13.4. The second-order valence-electron chi connectivity index (χ2n) is 6.99. The highest BCUT2D eigenvalue weighted by atomic mass is 35.5. The van der Waals surface area contributed by atoms with Gasteiger partial charge in [0.15, 0.2) is 23.5 Å². The first-order valence-electron chi connectivity index (χ1n) is 9.05. The van der Waals surface area contributed by atoms with Crippen LogP contribution < -0.4 is 11.3 Å². The fourth-order valence-electron chi connectivity index (χ4n) is 3.58. The summed E-state index contributed by atoms with van der Waals surface area (Å²) in [7, 11) is -6.82. The summed E-state index contributed by atoms with van der Waals surface area (Å²) in [6.07, 6.45) is -4.82. The lowest BCUT2D eigenvalue weighted by atomic mass is 10.1. The molecule has 168 valence electrons. The molecular formula is C16H14ClN5O8PS+. The number of nitrogens with zero attached hydrogens (tertiary/aromatic N) is 3. The first kappa shape index (κ1) is 21.4. The van der Waals surface area contributed by atoms with E-state index in [1.807, 2.05) is 0 Å². The van der Waals surface area contributed by atoms with Gasteiger partial charge in [-0.2, -0.15) is 4.98 Å². The van der Waals surface area contributed by atoms with Crippen molar-refractivity contribution in [3.8, 4) is 0 Å². The van der Waals surface area contributed by atoms with Gasteiger partial charge in [0, 0.05) is 9.59 Å². The van der Waals surface area contributed by atoms with E-state index >= 15 is 0 Å². The molecule has 0 spiro atoms. The Morgan fingerprint density at radius 2 is 2.00 bits per heavy atom. The Morgan fingerprint density at radius 1 is 1.28 bits per heavy atom. The van der Waals surface area contributed by atoms with Crippen LogP contribution in [0, 0.1) is 0 Å². The summed E-state index contributed by atoms with van der Waals surface area (Å²) in [5.41, 5.74) is 4.30. The molecule has 0 bridgehead atoms. The maximum atomic E-state index is 13.4. The van der Waals surface area contributed by atoms with E-state index in [0.717, 1.165) is 4.57 Å². The van der Waals surface area contributed by atoms with Gasteiger partial charge in [0.25, 0.3) is 5.56 Å². The first-order valence-corrected chi connectivity index (χ1v) is 12.0. The van der Waals surface area contributed by atoms with Gasteiger partial charge in [-0.3, -0.25) is 14.3 Å². The maximum Gasteiger partial charge on any atom is 0.697 e. The summed E-state index contributed by atoms with van der Waals surface area (Å²) >= 11 is 5.86. The van der Waals surface area contributed by atoms with Crippen molar-refractivity contribution in [2.24, 2.45) is 0 Å². The number of hydrogen-bond donors (Lipinski definition) is 3. The number of anilines is 1. The van der Waals surface area contributed by atoms with Crippen molar-refractivity contribution in [1.29, 1.82) is 0 Å². The van der Waals surface area contributed by atoms with Gasteiger partial charge >= 0.3 is 8.25 Å². The Balaban J connectivity index is 1.74. The Hall–Kier alpha value is -2.45. The molecule has 0 saturated carbocycles. The lowest BCUT2D eigenvalue weighted by Gasteiger charge is -2.19. The number of aromatic nitrogens is 4. The second-order valence-corrected chi connectivity index (χ2v) is 10.2. The van der Waals surface area contributed by atoms with Crippen molar-refractivity contribution in [3.05, 3.63) is 39.6 Å². The fourth-order valence-corrected chi connectivity index (χ4v) is 5.86. The van der Waals surface area contributed by atoms with E-state index in [1.165, 1.54) is 24.3 Å².